The lowest BCUT2D eigenvalue weighted by molar-refractivity contribution is -0.123. The summed E-state index contributed by atoms with van der Waals surface area (Å²) < 4.78 is 11.1. The zero-order chi connectivity index (χ0) is 16.7. The lowest BCUT2D eigenvalue weighted by atomic mass is 10.2. The first-order valence-corrected chi connectivity index (χ1v) is 7.74. The number of carbonyl (C=O) groups is 1. The molecule has 0 aliphatic rings. The first-order valence-electron chi connectivity index (χ1n) is 7.74. The molecule has 0 unspecified atom stereocenters. The van der Waals surface area contributed by atoms with E-state index < -0.39 is 0 Å². The lowest BCUT2D eigenvalue weighted by Gasteiger charge is -2.11. The molecule has 23 heavy (non-hydrogen) atoms. The lowest BCUT2D eigenvalue weighted by Crippen LogP contribution is -2.28. The third-order valence-electron chi connectivity index (χ3n) is 3.12. The van der Waals surface area contributed by atoms with Crippen LogP contribution in [-0.4, -0.2) is 18.6 Å². The molecule has 0 radical (unpaired) electrons. The second kappa shape index (κ2) is 8.22. The van der Waals surface area contributed by atoms with Crippen molar-refractivity contribution in [3.63, 3.8) is 0 Å². The van der Waals surface area contributed by atoms with Gasteiger partial charge in [-0.2, -0.15) is 0 Å². The summed E-state index contributed by atoms with van der Waals surface area (Å²) in [5.74, 6) is 1.36. The zero-order valence-electron chi connectivity index (χ0n) is 13.8. The molecule has 0 aliphatic heterocycles. The third-order valence-corrected chi connectivity index (χ3v) is 3.12. The number of amides is 1. The molecule has 4 nitrogen and oxygen atoms in total. The molecular weight excluding hydrogens is 290 g/mol. The number of hydrogen-bond donors (Lipinski definition) is 1. The quantitative estimate of drug-likeness (QED) is 0.851. The standard InChI is InChI=1S/C19H23NO3/c1-14(2)23-18-9-5-7-16(11-18)12-20-19(21)13-22-17-8-4-6-15(3)10-17/h4-11,14H,12-13H2,1-3H3,(H,20,21). The number of aryl methyl sites for hydroxylation is 1. The van der Waals surface area contributed by atoms with Gasteiger partial charge in [0.15, 0.2) is 6.61 Å². The summed E-state index contributed by atoms with van der Waals surface area (Å²) in [7, 11) is 0. The van der Waals surface area contributed by atoms with Crippen molar-refractivity contribution in [2.45, 2.75) is 33.4 Å². The number of benzene rings is 2. The van der Waals surface area contributed by atoms with Gasteiger partial charge in [-0.05, 0) is 56.2 Å². The maximum atomic E-state index is 11.9. The van der Waals surface area contributed by atoms with Gasteiger partial charge in [-0.3, -0.25) is 4.79 Å². The Bertz CT molecular complexity index is 653. The maximum absolute atomic E-state index is 11.9. The monoisotopic (exact) mass is 313 g/mol. The van der Waals surface area contributed by atoms with E-state index >= 15 is 0 Å². The van der Waals surface area contributed by atoms with Crippen LogP contribution in [0.5, 0.6) is 11.5 Å². The molecule has 0 saturated heterocycles. The van der Waals surface area contributed by atoms with Crippen LogP contribution in [0.4, 0.5) is 0 Å². The van der Waals surface area contributed by atoms with Gasteiger partial charge in [-0.25, -0.2) is 0 Å². The average molecular weight is 313 g/mol. The average Bonchev–Trinajstić information content (AvgIpc) is 2.51. The molecule has 2 rings (SSSR count). The minimum Gasteiger partial charge on any atom is -0.491 e. The predicted molar refractivity (Wildman–Crippen MR) is 90.7 cm³/mol. The second-order valence-corrected chi connectivity index (χ2v) is 5.70. The SMILES string of the molecule is Cc1cccc(OCC(=O)NCc2cccc(OC(C)C)c2)c1. The van der Waals surface area contributed by atoms with E-state index in [-0.39, 0.29) is 18.6 Å². The molecule has 0 heterocycles. The van der Waals surface area contributed by atoms with E-state index in [1.807, 2.05) is 69.3 Å². The molecule has 0 saturated carbocycles. The van der Waals surface area contributed by atoms with Gasteiger partial charge in [0, 0.05) is 6.54 Å². The number of rotatable bonds is 7. The van der Waals surface area contributed by atoms with Crippen molar-refractivity contribution in [2.75, 3.05) is 6.61 Å². The third kappa shape index (κ3) is 6.02. The zero-order valence-corrected chi connectivity index (χ0v) is 13.8. The molecular formula is C19H23NO3. The summed E-state index contributed by atoms with van der Waals surface area (Å²) in [4.78, 5) is 11.9. The van der Waals surface area contributed by atoms with Crippen LogP contribution in [0.1, 0.15) is 25.0 Å². The van der Waals surface area contributed by atoms with E-state index in [2.05, 4.69) is 5.32 Å². The van der Waals surface area contributed by atoms with Crippen LogP contribution in [0, 0.1) is 6.92 Å². The van der Waals surface area contributed by atoms with Gasteiger partial charge in [0.2, 0.25) is 0 Å². The van der Waals surface area contributed by atoms with Crippen molar-refractivity contribution >= 4 is 5.91 Å². The Morgan fingerprint density at radius 3 is 2.57 bits per heavy atom. The Morgan fingerprint density at radius 1 is 1.09 bits per heavy atom. The molecule has 4 heteroatoms. The molecule has 0 bridgehead atoms. The largest absolute Gasteiger partial charge is 0.491 e. The highest BCUT2D eigenvalue weighted by Gasteiger charge is 2.04. The first-order chi connectivity index (χ1) is 11.0. The van der Waals surface area contributed by atoms with Crippen molar-refractivity contribution in [3.05, 3.63) is 59.7 Å². The van der Waals surface area contributed by atoms with Crippen molar-refractivity contribution in [1.82, 2.24) is 5.32 Å². The van der Waals surface area contributed by atoms with E-state index in [1.165, 1.54) is 0 Å². The highest BCUT2D eigenvalue weighted by atomic mass is 16.5. The highest BCUT2D eigenvalue weighted by molar-refractivity contribution is 5.77. The van der Waals surface area contributed by atoms with Crippen LogP contribution >= 0.6 is 0 Å². The van der Waals surface area contributed by atoms with Crippen molar-refractivity contribution in [2.24, 2.45) is 0 Å². The van der Waals surface area contributed by atoms with E-state index in [0.717, 1.165) is 16.9 Å². The topological polar surface area (TPSA) is 47.6 Å². The Hall–Kier alpha value is -2.49. The van der Waals surface area contributed by atoms with Crippen LogP contribution in [0.15, 0.2) is 48.5 Å². The Balaban J connectivity index is 1.80. The van der Waals surface area contributed by atoms with Gasteiger partial charge in [0.05, 0.1) is 6.10 Å². The van der Waals surface area contributed by atoms with E-state index in [0.29, 0.717) is 12.3 Å². The minimum atomic E-state index is -0.151. The smallest absolute Gasteiger partial charge is 0.258 e. The Labute approximate surface area is 137 Å². The predicted octanol–water partition coefficient (Wildman–Crippen LogP) is 3.48. The molecule has 122 valence electrons. The Morgan fingerprint density at radius 2 is 1.83 bits per heavy atom. The van der Waals surface area contributed by atoms with Crippen molar-refractivity contribution < 1.29 is 14.3 Å². The normalized spacial score (nSPS) is 10.4. The van der Waals surface area contributed by atoms with Crippen LogP contribution in [0.3, 0.4) is 0 Å². The molecule has 0 aliphatic carbocycles. The molecule has 2 aromatic carbocycles. The van der Waals surface area contributed by atoms with E-state index in [4.69, 9.17) is 9.47 Å². The molecule has 0 fully saturated rings. The summed E-state index contributed by atoms with van der Waals surface area (Å²) in [5.41, 5.74) is 2.09. The fraction of sp³-hybridized carbons (Fsp3) is 0.316. The highest BCUT2D eigenvalue weighted by Crippen LogP contribution is 2.15. The summed E-state index contributed by atoms with van der Waals surface area (Å²) in [6, 6.07) is 15.3. The van der Waals surface area contributed by atoms with Crippen LogP contribution < -0.4 is 14.8 Å². The summed E-state index contributed by atoms with van der Waals surface area (Å²) in [6.45, 7) is 6.41. The fourth-order valence-electron chi connectivity index (χ4n) is 2.11. The summed E-state index contributed by atoms with van der Waals surface area (Å²) in [5, 5.41) is 2.84. The Kier molecular flexibility index (Phi) is 6.03. The second-order valence-electron chi connectivity index (χ2n) is 5.70. The van der Waals surface area contributed by atoms with Gasteiger partial charge in [0.1, 0.15) is 11.5 Å². The van der Waals surface area contributed by atoms with Crippen LogP contribution in [0.2, 0.25) is 0 Å². The minimum absolute atomic E-state index is 0.00559. The molecule has 2 aromatic rings. The van der Waals surface area contributed by atoms with Crippen molar-refractivity contribution in [3.8, 4) is 11.5 Å². The van der Waals surface area contributed by atoms with Gasteiger partial charge in [0.25, 0.3) is 5.91 Å². The molecule has 0 spiro atoms. The van der Waals surface area contributed by atoms with Crippen LogP contribution in [-0.2, 0) is 11.3 Å². The summed E-state index contributed by atoms with van der Waals surface area (Å²) in [6.07, 6.45) is 0.127. The fourth-order valence-corrected chi connectivity index (χ4v) is 2.11. The number of nitrogens with one attached hydrogen (secondary N) is 1. The molecule has 1 amide bonds. The van der Waals surface area contributed by atoms with Crippen LogP contribution in [0.25, 0.3) is 0 Å². The van der Waals surface area contributed by atoms with Gasteiger partial charge < -0.3 is 14.8 Å². The van der Waals surface area contributed by atoms with E-state index in [9.17, 15) is 4.79 Å². The number of carbonyl (C=O) groups excluding carboxylic acids is 1. The maximum Gasteiger partial charge on any atom is 0.258 e. The van der Waals surface area contributed by atoms with Gasteiger partial charge in [-0.15, -0.1) is 0 Å². The van der Waals surface area contributed by atoms with Crippen molar-refractivity contribution in [1.29, 1.82) is 0 Å². The van der Waals surface area contributed by atoms with E-state index in [1.54, 1.807) is 0 Å². The first kappa shape index (κ1) is 16.9. The molecule has 0 atom stereocenters. The van der Waals surface area contributed by atoms with Gasteiger partial charge >= 0.3 is 0 Å². The molecule has 0 aromatic heterocycles. The number of ether oxygens (including phenoxy) is 2. The molecule has 1 N–H and O–H groups in total. The number of hydrogen-bond acceptors (Lipinski definition) is 3. The summed E-state index contributed by atoms with van der Waals surface area (Å²) >= 11 is 0. The van der Waals surface area contributed by atoms with Gasteiger partial charge in [-0.1, -0.05) is 24.3 Å².